The van der Waals surface area contributed by atoms with E-state index in [0.29, 0.717) is 5.92 Å². The van der Waals surface area contributed by atoms with E-state index in [0.717, 1.165) is 17.9 Å². The molecule has 1 aromatic heterocycles. The van der Waals surface area contributed by atoms with Crippen molar-refractivity contribution in [2.75, 3.05) is 16.8 Å². The van der Waals surface area contributed by atoms with Crippen LogP contribution in [-0.2, 0) is 4.79 Å². The lowest BCUT2D eigenvalue weighted by molar-refractivity contribution is -0.117. The fraction of sp³-hybridized carbons (Fsp3) is 0.500. The van der Waals surface area contributed by atoms with E-state index in [1.165, 1.54) is 0 Å². The molecule has 0 fully saturated rings. The van der Waals surface area contributed by atoms with Gasteiger partial charge in [0, 0.05) is 19.7 Å². The number of nitrogens with zero attached hydrogens (tertiary/aromatic N) is 2. The van der Waals surface area contributed by atoms with Gasteiger partial charge in [0.2, 0.25) is 5.91 Å². The van der Waals surface area contributed by atoms with E-state index in [2.05, 4.69) is 24.1 Å². The molecule has 0 radical (unpaired) electrons. The Labute approximate surface area is 95.7 Å². The molecule has 4 heteroatoms. The van der Waals surface area contributed by atoms with Crippen molar-refractivity contribution in [1.29, 1.82) is 0 Å². The van der Waals surface area contributed by atoms with Gasteiger partial charge < -0.3 is 10.2 Å². The molecule has 1 N–H and O–H groups in total. The number of aromatic nitrogens is 1. The fourth-order valence-electron chi connectivity index (χ4n) is 2.15. The van der Waals surface area contributed by atoms with Gasteiger partial charge in [-0.2, -0.15) is 0 Å². The summed E-state index contributed by atoms with van der Waals surface area (Å²) in [6.45, 7) is 6.67. The molecular formula is C12H17N3O. The van der Waals surface area contributed by atoms with Crippen molar-refractivity contribution in [2.24, 2.45) is 5.92 Å². The van der Waals surface area contributed by atoms with Crippen LogP contribution in [0.15, 0.2) is 18.5 Å². The predicted octanol–water partition coefficient (Wildman–Crippen LogP) is 1.88. The molecule has 0 aromatic carbocycles. The van der Waals surface area contributed by atoms with E-state index in [-0.39, 0.29) is 11.9 Å². The fourth-order valence-corrected chi connectivity index (χ4v) is 2.15. The third kappa shape index (κ3) is 1.75. The topological polar surface area (TPSA) is 45.2 Å². The summed E-state index contributed by atoms with van der Waals surface area (Å²) in [5.41, 5.74) is 1.88. The van der Waals surface area contributed by atoms with E-state index < -0.39 is 0 Å². The minimum absolute atomic E-state index is 0.0904. The number of fused-ring (bicyclic) bond motifs is 1. The van der Waals surface area contributed by atoms with Crippen LogP contribution in [0.25, 0.3) is 0 Å². The third-order valence-electron chi connectivity index (χ3n) is 3.00. The molecule has 16 heavy (non-hydrogen) atoms. The van der Waals surface area contributed by atoms with Gasteiger partial charge in [-0.15, -0.1) is 0 Å². The third-order valence-corrected chi connectivity index (χ3v) is 3.00. The first kappa shape index (κ1) is 10.9. The van der Waals surface area contributed by atoms with Crippen LogP contribution in [0.1, 0.15) is 20.8 Å². The van der Waals surface area contributed by atoms with Crippen molar-refractivity contribution in [3.8, 4) is 0 Å². The van der Waals surface area contributed by atoms with E-state index in [4.69, 9.17) is 0 Å². The Balaban J connectivity index is 2.43. The first-order chi connectivity index (χ1) is 7.61. The quantitative estimate of drug-likeness (QED) is 0.784. The molecule has 0 bridgehead atoms. The zero-order chi connectivity index (χ0) is 11.7. The Bertz CT molecular complexity index is 403. The van der Waals surface area contributed by atoms with Crippen molar-refractivity contribution in [3.63, 3.8) is 0 Å². The lowest BCUT2D eigenvalue weighted by atomic mass is 9.99. The molecule has 1 atom stereocenters. The van der Waals surface area contributed by atoms with Crippen molar-refractivity contribution < 1.29 is 4.79 Å². The highest BCUT2D eigenvalue weighted by molar-refractivity contribution is 5.96. The van der Waals surface area contributed by atoms with Gasteiger partial charge in [-0.25, -0.2) is 0 Å². The van der Waals surface area contributed by atoms with Crippen LogP contribution >= 0.6 is 0 Å². The lowest BCUT2D eigenvalue weighted by Gasteiger charge is -2.39. The monoisotopic (exact) mass is 219 g/mol. The van der Waals surface area contributed by atoms with E-state index in [1.54, 1.807) is 19.3 Å². The lowest BCUT2D eigenvalue weighted by Crippen LogP contribution is -2.49. The van der Waals surface area contributed by atoms with Crippen LogP contribution in [0.3, 0.4) is 0 Å². The van der Waals surface area contributed by atoms with Crippen molar-refractivity contribution in [1.82, 2.24) is 4.98 Å². The van der Waals surface area contributed by atoms with Gasteiger partial charge >= 0.3 is 0 Å². The van der Waals surface area contributed by atoms with Gasteiger partial charge in [-0.05, 0) is 12.0 Å². The van der Waals surface area contributed by atoms with Gasteiger partial charge in [0.25, 0.3) is 0 Å². The maximum atomic E-state index is 11.8. The van der Waals surface area contributed by atoms with Crippen LogP contribution in [0.4, 0.5) is 11.4 Å². The SMILES string of the molecule is CC(=O)N1c2ccncc2NC[C@@H]1C(C)C. The molecule has 0 unspecified atom stereocenters. The minimum Gasteiger partial charge on any atom is -0.380 e. The molecule has 0 saturated carbocycles. The summed E-state index contributed by atoms with van der Waals surface area (Å²) in [7, 11) is 0. The second-order valence-corrected chi connectivity index (χ2v) is 4.47. The number of rotatable bonds is 1. The number of amides is 1. The van der Waals surface area contributed by atoms with Gasteiger partial charge in [0.05, 0.1) is 23.6 Å². The first-order valence-corrected chi connectivity index (χ1v) is 5.59. The van der Waals surface area contributed by atoms with Crippen molar-refractivity contribution in [2.45, 2.75) is 26.8 Å². The van der Waals surface area contributed by atoms with E-state index in [1.807, 2.05) is 11.0 Å². The number of hydrogen-bond acceptors (Lipinski definition) is 3. The normalized spacial score (nSPS) is 19.2. The zero-order valence-corrected chi connectivity index (χ0v) is 9.90. The highest BCUT2D eigenvalue weighted by Gasteiger charge is 2.30. The summed E-state index contributed by atoms with van der Waals surface area (Å²) in [6.07, 6.45) is 3.49. The molecule has 0 aliphatic carbocycles. The predicted molar refractivity (Wildman–Crippen MR) is 64.5 cm³/mol. The maximum Gasteiger partial charge on any atom is 0.224 e. The molecule has 2 rings (SSSR count). The van der Waals surface area contributed by atoms with Crippen LogP contribution in [0, 0.1) is 5.92 Å². The number of pyridine rings is 1. The first-order valence-electron chi connectivity index (χ1n) is 5.59. The molecule has 1 aliphatic rings. The van der Waals surface area contributed by atoms with Crippen LogP contribution in [-0.4, -0.2) is 23.5 Å². The largest absolute Gasteiger partial charge is 0.380 e. The van der Waals surface area contributed by atoms with Crippen LogP contribution < -0.4 is 10.2 Å². The summed E-state index contributed by atoms with van der Waals surface area (Å²) in [5.74, 6) is 0.519. The Hall–Kier alpha value is -1.58. The summed E-state index contributed by atoms with van der Waals surface area (Å²) >= 11 is 0. The number of nitrogens with one attached hydrogen (secondary N) is 1. The number of hydrogen-bond donors (Lipinski definition) is 1. The van der Waals surface area contributed by atoms with E-state index >= 15 is 0 Å². The van der Waals surface area contributed by atoms with Gasteiger partial charge in [0.15, 0.2) is 0 Å². The second kappa shape index (κ2) is 4.12. The average Bonchev–Trinajstić information content (AvgIpc) is 2.27. The molecule has 1 aromatic rings. The number of anilines is 2. The zero-order valence-electron chi connectivity index (χ0n) is 9.90. The highest BCUT2D eigenvalue weighted by atomic mass is 16.2. The molecule has 1 amide bonds. The summed E-state index contributed by atoms with van der Waals surface area (Å²) in [5, 5.41) is 3.32. The summed E-state index contributed by atoms with van der Waals surface area (Å²) in [4.78, 5) is 17.7. The molecule has 2 heterocycles. The van der Waals surface area contributed by atoms with Crippen LogP contribution in [0.5, 0.6) is 0 Å². The number of carbonyl (C=O) groups excluding carboxylic acids is 1. The molecular weight excluding hydrogens is 202 g/mol. The van der Waals surface area contributed by atoms with Gasteiger partial charge in [-0.1, -0.05) is 13.8 Å². The Morgan fingerprint density at radius 1 is 1.62 bits per heavy atom. The van der Waals surface area contributed by atoms with E-state index in [9.17, 15) is 4.79 Å². The average molecular weight is 219 g/mol. The molecule has 0 saturated heterocycles. The number of carbonyl (C=O) groups is 1. The minimum atomic E-state index is 0.0904. The second-order valence-electron chi connectivity index (χ2n) is 4.47. The highest BCUT2D eigenvalue weighted by Crippen LogP contribution is 2.32. The Kier molecular flexibility index (Phi) is 2.81. The summed E-state index contributed by atoms with van der Waals surface area (Å²) < 4.78 is 0. The summed E-state index contributed by atoms with van der Waals surface area (Å²) in [6, 6.07) is 2.10. The standard InChI is InChI=1S/C12H17N3O/c1-8(2)12-7-14-10-6-13-5-4-11(10)15(12)9(3)16/h4-6,8,12,14H,7H2,1-3H3/t12-/m1/s1. The molecule has 1 aliphatic heterocycles. The maximum absolute atomic E-state index is 11.8. The molecule has 0 spiro atoms. The Morgan fingerprint density at radius 2 is 2.38 bits per heavy atom. The van der Waals surface area contributed by atoms with Crippen LogP contribution in [0.2, 0.25) is 0 Å². The Morgan fingerprint density at radius 3 is 3.00 bits per heavy atom. The van der Waals surface area contributed by atoms with Crippen molar-refractivity contribution in [3.05, 3.63) is 18.5 Å². The smallest absolute Gasteiger partial charge is 0.224 e. The molecule has 86 valence electrons. The van der Waals surface area contributed by atoms with Gasteiger partial charge in [0.1, 0.15) is 0 Å². The van der Waals surface area contributed by atoms with Gasteiger partial charge in [-0.3, -0.25) is 9.78 Å². The van der Waals surface area contributed by atoms with Crippen molar-refractivity contribution >= 4 is 17.3 Å². The molecule has 4 nitrogen and oxygen atoms in total.